The number of aromatic nitrogens is 2. The molecule has 5 heteroatoms. The Morgan fingerprint density at radius 2 is 2.18 bits per heavy atom. The van der Waals surface area contributed by atoms with Gasteiger partial charge in [-0.3, -0.25) is 0 Å². The van der Waals surface area contributed by atoms with Crippen molar-refractivity contribution in [3.8, 4) is 0 Å². The van der Waals surface area contributed by atoms with E-state index < -0.39 is 0 Å². The first kappa shape index (κ1) is 10.4. The lowest BCUT2D eigenvalue weighted by Gasteiger charge is -1.89. The first-order chi connectivity index (χ1) is 8.31. The highest BCUT2D eigenvalue weighted by molar-refractivity contribution is 7.98. The maximum Gasteiger partial charge on any atom is 0.257 e. The molecule has 86 valence electrons. The molecule has 0 saturated heterocycles. The van der Waals surface area contributed by atoms with Crippen molar-refractivity contribution in [1.29, 1.82) is 0 Å². The molecule has 3 aromatic rings. The third kappa shape index (κ3) is 2.19. The van der Waals surface area contributed by atoms with Crippen molar-refractivity contribution in [1.82, 2.24) is 10.1 Å². The Balaban J connectivity index is 1.76. The predicted octanol–water partition coefficient (Wildman–Crippen LogP) is 3.42. The third-order valence-corrected chi connectivity index (χ3v) is 3.16. The number of fused-ring (bicyclic) bond motifs is 1. The minimum absolute atomic E-state index is 0.659. The van der Waals surface area contributed by atoms with Gasteiger partial charge in [-0.1, -0.05) is 29.1 Å². The molecule has 0 atom stereocenters. The van der Waals surface area contributed by atoms with Gasteiger partial charge in [-0.15, -0.1) is 0 Å². The predicted molar refractivity (Wildman–Crippen MR) is 64.8 cm³/mol. The summed E-state index contributed by atoms with van der Waals surface area (Å²) in [5, 5.41) is 4.58. The van der Waals surface area contributed by atoms with E-state index >= 15 is 0 Å². The van der Waals surface area contributed by atoms with E-state index in [9.17, 15) is 0 Å². The number of oxazole rings is 1. The fourth-order valence-corrected chi connectivity index (χ4v) is 2.25. The van der Waals surface area contributed by atoms with Crippen LogP contribution in [0, 0.1) is 6.92 Å². The van der Waals surface area contributed by atoms with Crippen LogP contribution in [0.15, 0.2) is 44.5 Å². The van der Waals surface area contributed by atoms with Crippen molar-refractivity contribution in [2.75, 3.05) is 0 Å². The van der Waals surface area contributed by atoms with Crippen LogP contribution in [0.4, 0.5) is 0 Å². The standard InChI is InChI=1S/C12H10N2O2S/c1-8-6-9(14-16-8)7-17-12-13-10-4-2-3-5-11(10)15-12/h2-6H,7H2,1H3. The van der Waals surface area contributed by atoms with Gasteiger partial charge < -0.3 is 8.94 Å². The van der Waals surface area contributed by atoms with Gasteiger partial charge in [0, 0.05) is 11.8 Å². The summed E-state index contributed by atoms with van der Waals surface area (Å²) in [5.41, 5.74) is 2.59. The van der Waals surface area contributed by atoms with Crippen LogP contribution < -0.4 is 0 Å². The van der Waals surface area contributed by atoms with Crippen molar-refractivity contribution >= 4 is 22.9 Å². The Hall–Kier alpha value is -1.75. The first-order valence-corrected chi connectivity index (χ1v) is 6.20. The average Bonchev–Trinajstić information content (AvgIpc) is 2.91. The molecule has 17 heavy (non-hydrogen) atoms. The monoisotopic (exact) mass is 246 g/mol. The average molecular weight is 246 g/mol. The molecule has 0 saturated carbocycles. The zero-order chi connectivity index (χ0) is 11.7. The lowest BCUT2D eigenvalue weighted by atomic mass is 10.3. The molecule has 0 N–H and O–H groups in total. The first-order valence-electron chi connectivity index (χ1n) is 5.22. The van der Waals surface area contributed by atoms with Crippen molar-refractivity contribution in [2.24, 2.45) is 0 Å². The smallest absolute Gasteiger partial charge is 0.257 e. The summed E-state index contributed by atoms with van der Waals surface area (Å²) in [6.45, 7) is 1.88. The summed E-state index contributed by atoms with van der Waals surface area (Å²) >= 11 is 1.51. The molecule has 0 amide bonds. The molecule has 0 aliphatic heterocycles. The lowest BCUT2D eigenvalue weighted by Crippen LogP contribution is -1.78. The summed E-state index contributed by atoms with van der Waals surface area (Å²) in [5.74, 6) is 1.52. The summed E-state index contributed by atoms with van der Waals surface area (Å²) in [4.78, 5) is 4.37. The highest BCUT2D eigenvalue weighted by Gasteiger charge is 2.07. The lowest BCUT2D eigenvalue weighted by molar-refractivity contribution is 0.392. The molecule has 0 spiro atoms. The normalized spacial score (nSPS) is 11.1. The third-order valence-electron chi connectivity index (χ3n) is 2.29. The summed E-state index contributed by atoms with van der Waals surface area (Å²) in [7, 11) is 0. The van der Waals surface area contributed by atoms with Crippen LogP contribution in [0.5, 0.6) is 0 Å². The minimum Gasteiger partial charge on any atom is -0.431 e. The molecule has 2 heterocycles. The summed E-state index contributed by atoms with van der Waals surface area (Å²) in [6, 6.07) is 9.63. The van der Waals surface area contributed by atoms with Crippen LogP contribution in [0.1, 0.15) is 11.5 Å². The number of thioether (sulfide) groups is 1. The summed E-state index contributed by atoms with van der Waals surface area (Å²) in [6.07, 6.45) is 0. The van der Waals surface area contributed by atoms with Crippen molar-refractivity contribution in [3.63, 3.8) is 0 Å². The van der Waals surface area contributed by atoms with Crippen LogP contribution in [0.2, 0.25) is 0 Å². The van der Waals surface area contributed by atoms with Gasteiger partial charge in [-0.05, 0) is 19.1 Å². The zero-order valence-corrected chi connectivity index (χ0v) is 10.0. The second kappa shape index (κ2) is 4.25. The molecule has 3 rings (SSSR count). The molecule has 0 fully saturated rings. The van der Waals surface area contributed by atoms with Crippen LogP contribution in [0.25, 0.3) is 11.1 Å². The molecule has 1 aromatic carbocycles. The van der Waals surface area contributed by atoms with Gasteiger partial charge in [0.15, 0.2) is 5.58 Å². The van der Waals surface area contributed by atoms with Gasteiger partial charge in [0.1, 0.15) is 11.3 Å². The minimum atomic E-state index is 0.659. The Bertz CT molecular complexity index is 612. The molecule has 0 radical (unpaired) electrons. The van der Waals surface area contributed by atoms with Gasteiger partial charge in [0.25, 0.3) is 5.22 Å². The number of aryl methyl sites for hydroxylation is 1. The van der Waals surface area contributed by atoms with Crippen molar-refractivity contribution in [2.45, 2.75) is 17.9 Å². The van der Waals surface area contributed by atoms with E-state index in [1.54, 1.807) is 0 Å². The highest BCUT2D eigenvalue weighted by Crippen LogP contribution is 2.25. The number of hydrogen-bond donors (Lipinski definition) is 0. The molecule has 2 aromatic heterocycles. The maximum absolute atomic E-state index is 5.59. The van der Waals surface area contributed by atoms with Crippen molar-refractivity contribution < 1.29 is 8.94 Å². The Kier molecular flexibility index (Phi) is 2.60. The summed E-state index contributed by atoms with van der Waals surface area (Å²) < 4.78 is 10.6. The van der Waals surface area contributed by atoms with Gasteiger partial charge in [-0.25, -0.2) is 4.98 Å². The van der Waals surface area contributed by atoms with E-state index in [-0.39, 0.29) is 0 Å². The topological polar surface area (TPSA) is 52.1 Å². The van der Waals surface area contributed by atoms with Crippen LogP contribution in [-0.4, -0.2) is 10.1 Å². The number of hydrogen-bond acceptors (Lipinski definition) is 5. The quantitative estimate of drug-likeness (QED) is 0.663. The number of rotatable bonds is 3. The van der Waals surface area contributed by atoms with E-state index in [2.05, 4.69) is 10.1 Å². The van der Waals surface area contributed by atoms with E-state index in [1.165, 1.54) is 11.8 Å². The van der Waals surface area contributed by atoms with Gasteiger partial charge in [-0.2, -0.15) is 0 Å². The molecule has 0 unspecified atom stereocenters. The Labute approximate surface area is 102 Å². The Morgan fingerprint density at radius 1 is 1.29 bits per heavy atom. The molecule has 4 nitrogen and oxygen atoms in total. The largest absolute Gasteiger partial charge is 0.431 e. The van der Waals surface area contributed by atoms with E-state index in [0.29, 0.717) is 11.0 Å². The molecule has 0 aliphatic carbocycles. The number of para-hydroxylation sites is 2. The second-order valence-electron chi connectivity index (χ2n) is 3.67. The second-order valence-corrected chi connectivity index (χ2v) is 4.59. The van der Waals surface area contributed by atoms with E-state index in [4.69, 9.17) is 8.94 Å². The van der Waals surface area contributed by atoms with Crippen LogP contribution >= 0.6 is 11.8 Å². The molecular formula is C12H10N2O2S. The van der Waals surface area contributed by atoms with E-state index in [1.807, 2.05) is 37.3 Å². The Morgan fingerprint density at radius 3 is 2.94 bits per heavy atom. The van der Waals surface area contributed by atoms with Gasteiger partial charge >= 0.3 is 0 Å². The highest BCUT2D eigenvalue weighted by atomic mass is 32.2. The van der Waals surface area contributed by atoms with Gasteiger partial charge in [0.2, 0.25) is 0 Å². The fourth-order valence-electron chi connectivity index (χ4n) is 1.53. The SMILES string of the molecule is Cc1cc(CSc2nc3ccccc3o2)no1. The van der Waals surface area contributed by atoms with E-state index in [0.717, 1.165) is 22.6 Å². The van der Waals surface area contributed by atoms with Crippen LogP contribution in [-0.2, 0) is 5.75 Å². The zero-order valence-electron chi connectivity index (χ0n) is 9.21. The van der Waals surface area contributed by atoms with Gasteiger partial charge in [0.05, 0.1) is 5.69 Å². The van der Waals surface area contributed by atoms with Crippen LogP contribution in [0.3, 0.4) is 0 Å². The maximum atomic E-state index is 5.59. The molecular weight excluding hydrogens is 236 g/mol. The molecule has 0 aliphatic rings. The molecule has 0 bridgehead atoms. The number of benzene rings is 1. The van der Waals surface area contributed by atoms with Crippen molar-refractivity contribution in [3.05, 3.63) is 41.8 Å². The number of nitrogens with zero attached hydrogens (tertiary/aromatic N) is 2. The fraction of sp³-hybridized carbons (Fsp3) is 0.167.